The lowest BCUT2D eigenvalue weighted by molar-refractivity contribution is 0.0929. The van der Waals surface area contributed by atoms with Gasteiger partial charge in [-0.05, 0) is 67.2 Å². The number of ether oxygens (including phenoxy) is 1. The van der Waals surface area contributed by atoms with Crippen molar-refractivity contribution in [1.82, 2.24) is 9.88 Å². The fourth-order valence-electron chi connectivity index (χ4n) is 5.03. The molecule has 2 aromatic carbocycles. The Hall–Kier alpha value is -2.63. The number of carbonyl (C=O) groups is 1. The van der Waals surface area contributed by atoms with Crippen LogP contribution in [0, 0.1) is 11.8 Å². The van der Waals surface area contributed by atoms with Gasteiger partial charge < -0.3 is 14.6 Å². The number of nitrogens with zero attached hydrogens (tertiary/aromatic N) is 1. The zero-order chi connectivity index (χ0) is 21.9. The van der Waals surface area contributed by atoms with Crippen molar-refractivity contribution in [2.75, 3.05) is 20.3 Å². The van der Waals surface area contributed by atoms with E-state index in [-0.39, 0.29) is 5.91 Å². The highest BCUT2D eigenvalue weighted by atomic mass is 32.1. The van der Waals surface area contributed by atoms with E-state index in [9.17, 15) is 4.79 Å². The summed E-state index contributed by atoms with van der Waals surface area (Å²) in [6.45, 7) is 2.39. The predicted octanol–water partition coefficient (Wildman–Crippen LogP) is 6.09. The summed E-state index contributed by atoms with van der Waals surface area (Å²) in [5.74, 6) is 1.28. The van der Waals surface area contributed by atoms with Gasteiger partial charge in [0, 0.05) is 41.4 Å². The highest BCUT2D eigenvalue weighted by molar-refractivity contribution is 7.19. The zero-order valence-electron chi connectivity index (χ0n) is 18.5. The topological polar surface area (TPSA) is 43.3 Å². The van der Waals surface area contributed by atoms with Gasteiger partial charge in [-0.1, -0.05) is 30.3 Å². The molecule has 166 valence electrons. The standard InChI is InChI=1S/C27H30N2O2S/c1-31-18-20-11-9-19(10-12-20)16-28-27(30)24-7-4-6-21-13-14-29(26(21)24)17-23-15-22-5-2-3-8-25(22)32-23/h2-8,13-15,19-20H,9-12,16-18H2,1H3,(H,28,30). The lowest BCUT2D eigenvalue weighted by atomic mass is 9.82. The first-order chi connectivity index (χ1) is 15.7. The number of rotatable bonds is 7. The summed E-state index contributed by atoms with van der Waals surface area (Å²) in [6, 6.07) is 18.9. The summed E-state index contributed by atoms with van der Waals surface area (Å²) < 4.78 is 8.82. The molecule has 1 aliphatic carbocycles. The number of hydrogen-bond acceptors (Lipinski definition) is 3. The largest absolute Gasteiger partial charge is 0.384 e. The maximum Gasteiger partial charge on any atom is 0.253 e. The number of amides is 1. The van der Waals surface area contributed by atoms with Crippen LogP contribution in [-0.4, -0.2) is 30.7 Å². The minimum absolute atomic E-state index is 0.0332. The molecule has 0 unspecified atom stereocenters. The van der Waals surface area contributed by atoms with Crippen LogP contribution in [0.15, 0.2) is 60.8 Å². The van der Waals surface area contributed by atoms with E-state index in [1.54, 1.807) is 7.11 Å². The van der Waals surface area contributed by atoms with Gasteiger partial charge in [0.25, 0.3) is 5.91 Å². The first kappa shape index (κ1) is 21.2. The number of thiophene rings is 1. The SMILES string of the molecule is COCC1CCC(CNC(=O)c2cccc3ccn(Cc4cc5ccccc5s4)c23)CC1. The normalized spacial score (nSPS) is 18.9. The van der Waals surface area contributed by atoms with Crippen molar-refractivity contribution in [2.45, 2.75) is 32.2 Å². The summed E-state index contributed by atoms with van der Waals surface area (Å²) >= 11 is 1.82. The molecule has 1 aliphatic rings. The molecule has 1 N–H and O–H groups in total. The van der Waals surface area contributed by atoms with Crippen molar-refractivity contribution in [3.63, 3.8) is 0 Å². The lowest BCUT2D eigenvalue weighted by Gasteiger charge is -2.28. The Balaban J connectivity index is 1.31. The van der Waals surface area contributed by atoms with E-state index in [4.69, 9.17) is 4.74 Å². The molecule has 4 nitrogen and oxygen atoms in total. The van der Waals surface area contributed by atoms with Gasteiger partial charge in [0.1, 0.15) is 0 Å². The van der Waals surface area contributed by atoms with E-state index in [0.717, 1.165) is 36.2 Å². The van der Waals surface area contributed by atoms with E-state index in [1.165, 1.54) is 40.6 Å². The third-order valence-corrected chi connectivity index (χ3v) is 7.86. The van der Waals surface area contributed by atoms with Crippen LogP contribution in [0.4, 0.5) is 0 Å². The minimum Gasteiger partial charge on any atom is -0.384 e. The Bertz CT molecular complexity index is 1180. The van der Waals surface area contributed by atoms with Gasteiger partial charge in [0.05, 0.1) is 17.6 Å². The van der Waals surface area contributed by atoms with Crippen molar-refractivity contribution in [3.05, 3.63) is 71.2 Å². The minimum atomic E-state index is 0.0332. The van der Waals surface area contributed by atoms with Gasteiger partial charge in [0.2, 0.25) is 0 Å². The van der Waals surface area contributed by atoms with E-state index in [1.807, 2.05) is 23.5 Å². The van der Waals surface area contributed by atoms with E-state index in [0.29, 0.717) is 11.8 Å². The third-order valence-electron chi connectivity index (χ3n) is 6.76. The smallest absolute Gasteiger partial charge is 0.253 e. The first-order valence-electron chi connectivity index (χ1n) is 11.5. The molecule has 1 saturated carbocycles. The number of fused-ring (bicyclic) bond motifs is 2. The lowest BCUT2D eigenvalue weighted by Crippen LogP contribution is -2.32. The molecule has 0 atom stereocenters. The van der Waals surface area contributed by atoms with Crippen molar-refractivity contribution in [3.8, 4) is 0 Å². The highest BCUT2D eigenvalue weighted by Gasteiger charge is 2.22. The van der Waals surface area contributed by atoms with Gasteiger partial charge in [0.15, 0.2) is 0 Å². The van der Waals surface area contributed by atoms with Crippen LogP contribution in [0.1, 0.15) is 40.9 Å². The van der Waals surface area contributed by atoms with Crippen LogP contribution in [0.3, 0.4) is 0 Å². The van der Waals surface area contributed by atoms with Crippen molar-refractivity contribution < 1.29 is 9.53 Å². The second-order valence-electron chi connectivity index (χ2n) is 8.99. The predicted molar refractivity (Wildman–Crippen MR) is 133 cm³/mol. The van der Waals surface area contributed by atoms with Crippen LogP contribution in [0.25, 0.3) is 21.0 Å². The second-order valence-corrected chi connectivity index (χ2v) is 10.2. The molecular formula is C27H30N2O2S. The van der Waals surface area contributed by atoms with Crippen LogP contribution in [0.5, 0.6) is 0 Å². The van der Waals surface area contributed by atoms with Gasteiger partial charge in [-0.15, -0.1) is 11.3 Å². The molecule has 0 radical (unpaired) electrons. The van der Waals surface area contributed by atoms with E-state index in [2.05, 4.69) is 58.5 Å². The molecule has 2 heterocycles. The molecule has 0 saturated heterocycles. The average molecular weight is 447 g/mol. The Morgan fingerprint density at radius 2 is 1.81 bits per heavy atom. The summed E-state index contributed by atoms with van der Waals surface area (Å²) in [4.78, 5) is 14.5. The zero-order valence-corrected chi connectivity index (χ0v) is 19.4. The Morgan fingerprint density at radius 1 is 1.03 bits per heavy atom. The molecule has 1 amide bonds. The molecule has 2 aromatic heterocycles. The molecule has 0 spiro atoms. The third kappa shape index (κ3) is 4.45. The Kier molecular flexibility index (Phi) is 6.28. The first-order valence-corrected chi connectivity index (χ1v) is 12.4. The van der Waals surface area contributed by atoms with Gasteiger partial charge in [-0.25, -0.2) is 0 Å². The van der Waals surface area contributed by atoms with Gasteiger partial charge in [-0.2, -0.15) is 0 Å². The van der Waals surface area contributed by atoms with Crippen molar-refractivity contribution in [2.24, 2.45) is 11.8 Å². The number of benzene rings is 2. The maximum atomic E-state index is 13.2. The molecule has 4 aromatic rings. The quantitative estimate of drug-likeness (QED) is 0.373. The van der Waals surface area contributed by atoms with Crippen molar-refractivity contribution in [1.29, 1.82) is 0 Å². The summed E-state index contributed by atoms with van der Waals surface area (Å²) in [6.07, 6.45) is 6.83. The average Bonchev–Trinajstić information content (AvgIpc) is 3.42. The molecule has 32 heavy (non-hydrogen) atoms. The van der Waals surface area contributed by atoms with Crippen LogP contribution in [0.2, 0.25) is 0 Å². The number of methoxy groups -OCH3 is 1. The molecule has 0 aliphatic heterocycles. The van der Waals surface area contributed by atoms with Gasteiger partial charge in [-0.3, -0.25) is 4.79 Å². The monoisotopic (exact) mass is 446 g/mol. The maximum absolute atomic E-state index is 13.2. The molecule has 5 rings (SSSR count). The highest BCUT2D eigenvalue weighted by Crippen LogP contribution is 2.30. The molecule has 1 fully saturated rings. The fourth-order valence-corrected chi connectivity index (χ4v) is 6.09. The van der Waals surface area contributed by atoms with E-state index >= 15 is 0 Å². The fraction of sp³-hybridized carbons (Fsp3) is 0.370. The second kappa shape index (κ2) is 9.47. The molecular weight excluding hydrogens is 416 g/mol. The summed E-state index contributed by atoms with van der Waals surface area (Å²) in [7, 11) is 1.78. The number of para-hydroxylation sites is 1. The Labute approximate surface area is 193 Å². The molecule has 0 bridgehead atoms. The number of aromatic nitrogens is 1. The summed E-state index contributed by atoms with van der Waals surface area (Å²) in [5, 5.41) is 5.62. The van der Waals surface area contributed by atoms with Crippen LogP contribution in [-0.2, 0) is 11.3 Å². The number of hydrogen-bond donors (Lipinski definition) is 1. The van der Waals surface area contributed by atoms with Crippen LogP contribution >= 0.6 is 11.3 Å². The van der Waals surface area contributed by atoms with E-state index < -0.39 is 0 Å². The number of nitrogens with one attached hydrogen (secondary N) is 1. The van der Waals surface area contributed by atoms with Crippen molar-refractivity contribution >= 4 is 38.2 Å². The van der Waals surface area contributed by atoms with Crippen LogP contribution < -0.4 is 5.32 Å². The number of carbonyl (C=O) groups excluding carboxylic acids is 1. The summed E-state index contributed by atoms with van der Waals surface area (Å²) in [5.41, 5.74) is 1.79. The van der Waals surface area contributed by atoms with Gasteiger partial charge >= 0.3 is 0 Å². The molecule has 5 heteroatoms. The Morgan fingerprint density at radius 3 is 2.62 bits per heavy atom.